The van der Waals surface area contributed by atoms with Crippen LogP contribution < -0.4 is 0 Å². The molecule has 1 heterocycles. The lowest BCUT2D eigenvalue weighted by atomic mass is 9.95. The number of halogens is 1. The fraction of sp³-hybridized carbons (Fsp3) is 0.652. The first-order valence-electron chi connectivity index (χ1n) is 11.3. The number of aryl methyl sites for hydroxylation is 1. The van der Waals surface area contributed by atoms with Gasteiger partial charge in [0.05, 0.1) is 13.2 Å². The highest BCUT2D eigenvalue weighted by Gasteiger charge is 2.48. The number of ether oxygens (including phenoxy) is 1. The summed E-state index contributed by atoms with van der Waals surface area (Å²) in [4.78, 5) is 13.8. The van der Waals surface area contributed by atoms with Crippen molar-refractivity contribution < 1.29 is 13.9 Å². The smallest absolute Gasteiger partial charge is 0.356 e. The summed E-state index contributed by atoms with van der Waals surface area (Å²) in [5, 5.41) is 11.9. The molecule has 2 aromatic rings. The number of benzene rings is 1. The molecule has 0 spiro atoms. The Labute approximate surface area is 179 Å². The van der Waals surface area contributed by atoms with Crippen molar-refractivity contribution >= 4 is 5.97 Å². The van der Waals surface area contributed by atoms with Crippen molar-refractivity contribution in [3.05, 3.63) is 41.7 Å². The van der Waals surface area contributed by atoms with E-state index in [0.29, 0.717) is 6.54 Å². The van der Waals surface area contributed by atoms with Gasteiger partial charge in [-0.3, -0.25) is 0 Å². The Morgan fingerprint density at radius 2 is 1.57 bits per heavy atom. The summed E-state index contributed by atoms with van der Waals surface area (Å²) in [6, 6.07) is 8.14. The maximum atomic E-state index is 15.8. The molecule has 1 atom stereocenters. The number of tetrazole rings is 1. The maximum Gasteiger partial charge on any atom is 0.356 e. The van der Waals surface area contributed by atoms with Gasteiger partial charge in [0.15, 0.2) is 0 Å². The van der Waals surface area contributed by atoms with E-state index in [9.17, 15) is 4.79 Å². The number of alkyl halides is 1. The third-order valence-electron chi connectivity index (χ3n) is 5.20. The number of aromatic nitrogens is 4. The van der Waals surface area contributed by atoms with Crippen molar-refractivity contribution in [1.82, 2.24) is 20.2 Å². The molecule has 7 heteroatoms. The molecule has 0 aliphatic heterocycles. The van der Waals surface area contributed by atoms with Crippen LogP contribution in [0.4, 0.5) is 4.39 Å². The van der Waals surface area contributed by atoms with Crippen LogP contribution in [0.25, 0.3) is 0 Å². The SMILES string of the molecule is CCCCCCCCCCCCn1nnc(C(F)(C(=O)OCC)c2ccccc2)n1. The molecule has 30 heavy (non-hydrogen) atoms. The van der Waals surface area contributed by atoms with Gasteiger partial charge in [-0.2, -0.15) is 4.80 Å². The number of unbranched alkanes of at least 4 members (excludes halogenated alkanes) is 9. The summed E-state index contributed by atoms with van der Waals surface area (Å²) < 4.78 is 20.8. The average molecular weight is 419 g/mol. The molecular weight excluding hydrogens is 383 g/mol. The Hall–Kier alpha value is -2.31. The number of carbonyl (C=O) groups is 1. The zero-order valence-electron chi connectivity index (χ0n) is 18.4. The lowest BCUT2D eigenvalue weighted by molar-refractivity contribution is -0.155. The van der Waals surface area contributed by atoms with Crippen molar-refractivity contribution in [1.29, 1.82) is 0 Å². The van der Waals surface area contributed by atoms with Crippen LogP contribution in [0.15, 0.2) is 30.3 Å². The predicted octanol–water partition coefficient (Wildman–Crippen LogP) is 5.37. The molecule has 0 aliphatic carbocycles. The van der Waals surface area contributed by atoms with Gasteiger partial charge in [-0.1, -0.05) is 95.0 Å². The van der Waals surface area contributed by atoms with Gasteiger partial charge < -0.3 is 4.74 Å². The zero-order chi connectivity index (χ0) is 21.7. The first-order valence-corrected chi connectivity index (χ1v) is 11.3. The summed E-state index contributed by atoms with van der Waals surface area (Å²) in [5.41, 5.74) is -2.42. The van der Waals surface area contributed by atoms with Crippen LogP contribution in [0.3, 0.4) is 0 Å². The lowest BCUT2D eigenvalue weighted by Crippen LogP contribution is -2.35. The zero-order valence-corrected chi connectivity index (χ0v) is 18.4. The number of rotatable bonds is 15. The number of hydrogen-bond acceptors (Lipinski definition) is 5. The topological polar surface area (TPSA) is 69.9 Å². The standard InChI is InChI=1S/C23H35FN4O2/c1-3-5-6-7-8-9-10-11-12-16-19-28-26-21(25-27-28)23(24,22(29)30-4-2)20-17-14-13-15-18-20/h13-15,17-18H,3-12,16,19H2,1-2H3. The number of carbonyl (C=O) groups excluding carboxylic acids is 1. The summed E-state index contributed by atoms with van der Waals surface area (Å²) in [7, 11) is 0. The highest BCUT2D eigenvalue weighted by atomic mass is 19.1. The van der Waals surface area contributed by atoms with Gasteiger partial charge in [-0.25, -0.2) is 9.18 Å². The van der Waals surface area contributed by atoms with Gasteiger partial charge in [0, 0.05) is 5.56 Å². The molecule has 0 saturated carbocycles. The lowest BCUT2D eigenvalue weighted by Gasteiger charge is -2.20. The second-order valence-corrected chi connectivity index (χ2v) is 7.64. The first kappa shape index (κ1) is 24.0. The molecule has 0 amide bonds. The van der Waals surface area contributed by atoms with E-state index in [1.165, 1.54) is 68.3 Å². The number of esters is 1. The van der Waals surface area contributed by atoms with Gasteiger partial charge in [0.1, 0.15) is 0 Å². The van der Waals surface area contributed by atoms with Crippen molar-refractivity contribution in [3.8, 4) is 0 Å². The molecular formula is C23H35FN4O2. The largest absolute Gasteiger partial charge is 0.463 e. The molecule has 0 radical (unpaired) electrons. The van der Waals surface area contributed by atoms with E-state index < -0.39 is 11.6 Å². The van der Waals surface area contributed by atoms with E-state index in [-0.39, 0.29) is 18.0 Å². The van der Waals surface area contributed by atoms with Gasteiger partial charge in [0.2, 0.25) is 5.82 Å². The van der Waals surface area contributed by atoms with E-state index >= 15 is 4.39 Å². The van der Waals surface area contributed by atoms with Crippen molar-refractivity contribution in [2.45, 2.75) is 90.3 Å². The van der Waals surface area contributed by atoms with Crippen LogP contribution in [0.5, 0.6) is 0 Å². The normalized spacial score (nSPS) is 13.2. The van der Waals surface area contributed by atoms with Gasteiger partial charge in [-0.05, 0) is 18.6 Å². The molecule has 0 aliphatic rings. The minimum Gasteiger partial charge on any atom is -0.463 e. The Morgan fingerprint density at radius 1 is 0.967 bits per heavy atom. The highest BCUT2D eigenvalue weighted by molar-refractivity contribution is 5.84. The fourth-order valence-electron chi connectivity index (χ4n) is 3.45. The summed E-state index contributed by atoms with van der Waals surface area (Å²) in [5.74, 6) is -1.30. The Balaban J connectivity index is 1.84. The molecule has 2 rings (SSSR count). The third kappa shape index (κ3) is 6.89. The molecule has 0 bridgehead atoms. The molecule has 1 unspecified atom stereocenters. The van der Waals surface area contributed by atoms with Crippen LogP contribution in [0.2, 0.25) is 0 Å². The summed E-state index contributed by atoms with van der Waals surface area (Å²) in [6.07, 6.45) is 12.3. The quantitative estimate of drug-likeness (QED) is 0.287. The van der Waals surface area contributed by atoms with Crippen LogP contribution in [-0.4, -0.2) is 32.8 Å². The second-order valence-electron chi connectivity index (χ2n) is 7.64. The van der Waals surface area contributed by atoms with Crippen LogP contribution in [-0.2, 0) is 21.7 Å². The minimum atomic E-state index is -2.56. The second kappa shape index (κ2) is 13.1. The van der Waals surface area contributed by atoms with Gasteiger partial charge in [-0.15, -0.1) is 10.2 Å². The molecule has 1 aromatic carbocycles. The first-order chi connectivity index (χ1) is 14.6. The Morgan fingerprint density at radius 3 is 2.17 bits per heavy atom. The predicted molar refractivity (Wildman–Crippen MR) is 115 cm³/mol. The molecule has 1 aromatic heterocycles. The van der Waals surface area contributed by atoms with Gasteiger partial charge >= 0.3 is 5.97 Å². The van der Waals surface area contributed by atoms with Gasteiger partial charge in [0.25, 0.3) is 5.67 Å². The minimum absolute atomic E-state index is 0.0735. The van der Waals surface area contributed by atoms with Crippen LogP contribution in [0, 0.1) is 0 Å². The Bertz CT molecular complexity index is 738. The van der Waals surface area contributed by atoms with E-state index in [2.05, 4.69) is 22.3 Å². The fourth-order valence-corrected chi connectivity index (χ4v) is 3.45. The Kier molecular flexibility index (Phi) is 10.5. The summed E-state index contributed by atoms with van der Waals surface area (Å²) >= 11 is 0. The maximum absolute atomic E-state index is 15.8. The van der Waals surface area contributed by atoms with E-state index in [1.807, 2.05) is 0 Å². The van der Waals surface area contributed by atoms with Crippen molar-refractivity contribution in [3.63, 3.8) is 0 Å². The number of nitrogens with zero attached hydrogens (tertiary/aromatic N) is 4. The summed E-state index contributed by atoms with van der Waals surface area (Å²) in [6.45, 7) is 4.50. The van der Waals surface area contributed by atoms with Crippen molar-refractivity contribution in [2.24, 2.45) is 0 Å². The molecule has 6 nitrogen and oxygen atoms in total. The third-order valence-corrected chi connectivity index (χ3v) is 5.20. The van der Waals surface area contributed by atoms with Crippen molar-refractivity contribution in [2.75, 3.05) is 6.61 Å². The highest BCUT2D eigenvalue weighted by Crippen LogP contribution is 2.32. The molecule has 0 N–H and O–H groups in total. The van der Waals surface area contributed by atoms with E-state index in [4.69, 9.17) is 4.74 Å². The molecule has 0 fully saturated rings. The number of hydrogen-bond donors (Lipinski definition) is 0. The van der Waals surface area contributed by atoms with Crippen LogP contribution >= 0.6 is 0 Å². The average Bonchev–Trinajstić information content (AvgIpc) is 3.24. The molecule has 0 saturated heterocycles. The molecule has 166 valence electrons. The van der Waals surface area contributed by atoms with Crippen LogP contribution in [0.1, 0.15) is 89.4 Å². The van der Waals surface area contributed by atoms with E-state index in [0.717, 1.165) is 12.8 Å². The van der Waals surface area contributed by atoms with E-state index in [1.54, 1.807) is 25.1 Å². The monoisotopic (exact) mass is 418 g/mol.